The third kappa shape index (κ3) is 2.58. The Morgan fingerprint density at radius 3 is 2.64 bits per heavy atom. The molecular weight excluding hydrogens is 182 g/mol. The van der Waals surface area contributed by atoms with Crippen LogP contribution in [0.5, 0.6) is 0 Å². The van der Waals surface area contributed by atoms with Crippen LogP contribution in [0.1, 0.15) is 17.3 Å². The number of carbonyl (C=O) groups is 2. The first-order valence-corrected chi connectivity index (χ1v) is 4.09. The van der Waals surface area contributed by atoms with Crippen molar-refractivity contribution in [1.82, 2.24) is 0 Å². The van der Waals surface area contributed by atoms with Gasteiger partial charge in [0.2, 0.25) is 5.91 Å². The molecule has 4 nitrogen and oxygen atoms in total. The molecule has 0 bridgehead atoms. The van der Waals surface area contributed by atoms with E-state index in [9.17, 15) is 9.59 Å². The number of esters is 1. The molecule has 1 amide bonds. The number of amides is 1. The van der Waals surface area contributed by atoms with Gasteiger partial charge in [0.05, 0.1) is 12.7 Å². The number of benzene rings is 1. The van der Waals surface area contributed by atoms with E-state index in [1.807, 2.05) is 0 Å². The summed E-state index contributed by atoms with van der Waals surface area (Å²) in [6.07, 6.45) is 0. The molecule has 74 valence electrons. The molecule has 1 rings (SSSR count). The fourth-order valence-electron chi connectivity index (χ4n) is 1.05. The van der Waals surface area contributed by atoms with Gasteiger partial charge in [-0.15, -0.1) is 0 Å². The van der Waals surface area contributed by atoms with E-state index >= 15 is 0 Å². The second-order valence-corrected chi connectivity index (χ2v) is 2.75. The standard InChI is InChI=1S/C10H11NO3/c1-7(12)11-9-5-3-4-8(6-9)10(13)14-2/h3-6H,1-2H3,(H,11,12). The molecule has 0 fully saturated rings. The summed E-state index contributed by atoms with van der Waals surface area (Å²) in [7, 11) is 1.31. The van der Waals surface area contributed by atoms with Crippen molar-refractivity contribution >= 4 is 17.6 Å². The van der Waals surface area contributed by atoms with Crippen molar-refractivity contribution in [2.45, 2.75) is 6.92 Å². The largest absolute Gasteiger partial charge is 0.465 e. The van der Waals surface area contributed by atoms with Crippen LogP contribution in [0.15, 0.2) is 24.3 Å². The van der Waals surface area contributed by atoms with Crippen LogP contribution >= 0.6 is 0 Å². The number of anilines is 1. The normalized spacial score (nSPS) is 9.29. The number of ether oxygens (including phenoxy) is 1. The second kappa shape index (κ2) is 4.41. The van der Waals surface area contributed by atoms with Gasteiger partial charge in [0.1, 0.15) is 0 Å². The first-order chi connectivity index (χ1) is 6.63. The van der Waals surface area contributed by atoms with Gasteiger partial charge in [0.25, 0.3) is 0 Å². The Morgan fingerprint density at radius 2 is 2.07 bits per heavy atom. The van der Waals surface area contributed by atoms with E-state index < -0.39 is 5.97 Å². The highest BCUT2D eigenvalue weighted by molar-refractivity contribution is 5.93. The van der Waals surface area contributed by atoms with Crippen molar-refractivity contribution in [1.29, 1.82) is 0 Å². The fraction of sp³-hybridized carbons (Fsp3) is 0.200. The Kier molecular flexibility index (Phi) is 3.23. The number of carbonyl (C=O) groups excluding carboxylic acids is 2. The molecular formula is C10H11NO3. The molecule has 0 radical (unpaired) electrons. The van der Waals surface area contributed by atoms with E-state index in [0.29, 0.717) is 11.3 Å². The van der Waals surface area contributed by atoms with Crippen molar-refractivity contribution < 1.29 is 14.3 Å². The Balaban J connectivity index is 2.89. The average molecular weight is 193 g/mol. The Labute approximate surface area is 81.9 Å². The maximum absolute atomic E-state index is 11.1. The average Bonchev–Trinajstić information content (AvgIpc) is 2.16. The lowest BCUT2D eigenvalue weighted by Crippen LogP contribution is -2.07. The van der Waals surface area contributed by atoms with Gasteiger partial charge in [-0.25, -0.2) is 4.79 Å². The second-order valence-electron chi connectivity index (χ2n) is 2.75. The molecule has 14 heavy (non-hydrogen) atoms. The fourth-order valence-corrected chi connectivity index (χ4v) is 1.05. The molecule has 4 heteroatoms. The third-order valence-corrected chi connectivity index (χ3v) is 1.60. The number of nitrogens with one attached hydrogen (secondary N) is 1. The van der Waals surface area contributed by atoms with Crippen LogP contribution in [-0.2, 0) is 9.53 Å². The maximum Gasteiger partial charge on any atom is 0.337 e. The minimum atomic E-state index is -0.419. The molecule has 1 aromatic carbocycles. The maximum atomic E-state index is 11.1. The summed E-state index contributed by atoms with van der Waals surface area (Å²) in [5.41, 5.74) is 0.999. The van der Waals surface area contributed by atoms with E-state index in [0.717, 1.165) is 0 Å². The highest BCUT2D eigenvalue weighted by Gasteiger charge is 2.05. The molecule has 0 aliphatic heterocycles. The lowest BCUT2D eigenvalue weighted by Gasteiger charge is -2.03. The quantitative estimate of drug-likeness (QED) is 0.723. The molecule has 0 heterocycles. The van der Waals surface area contributed by atoms with Crippen molar-refractivity contribution in [2.24, 2.45) is 0 Å². The Bertz CT molecular complexity index is 360. The predicted octanol–water partition coefficient (Wildman–Crippen LogP) is 1.43. The molecule has 0 atom stereocenters. The number of hydrogen-bond acceptors (Lipinski definition) is 3. The van der Waals surface area contributed by atoms with Gasteiger partial charge in [-0.05, 0) is 18.2 Å². The summed E-state index contributed by atoms with van der Waals surface area (Å²) in [5, 5.41) is 2.58. The van der Waals surface area contributed by atoms with Crippen LogP contribution in [0.2, 0.25) is 0 Å². The summed E-state index contributed by atoms with van der Waals surface area (Å²) in [6.45, 7) is 1.41. The first-order valence-electron chi connectivity index (χ1n) is 4.09. The first kappa shape index (κ1) is 10.2. The molecule has 0 aliphatic carbocycles. The van der Waals surface area contributed by atoms with Crippen molar-refractivity contribution in [2.75, 3.05) is 12.4 Å². The monoisotopic (exact) mass is 193 g/mol. The Hall–Kier alpha value is -1.84. The van der Waals surface area contributed by atoms with Crippen LogP contribution in [0.4, 0.5) is 5.69 Å². The minimum Gasteiger partial charge on any atom is -0.465 e. The zero-order chi connectivity index (χ0) is 10.6. The van der Waals surface area contributed by atoms with Gasteiger partial charge in [0, 0.05) is 12.6 Å². The molecule has 0 aliphatic rings. The third-order valence-electron chi connectivity index (χ3n) is 1.60. The molecule has 0 spiro atoms. The van der Waals surface area contributed by atoms with E-state index in [1.165, 1.54) is 14.0 Å². The van der Waals surface area contributed by atoms with Gasteiger partial charge >= 0.3 is 5.97 Å². The van der Waals surface area contributed by atoms with Gasteiger partial charge in [-0.3, -0.25) is 4.79 Å². The number of hydrogen-bond donors (Lipinski definition) is 1. The van der Waals surface area contributed by atoms with Crippen molar-refractivity contribution in [3.8, 4) is 0 Å². The van der Waals surface area contributed by atoms with Gasteiger partial charge < -0.3 is 10.1 Å². The smallest absolute Gasteiger partial charge is 0.337 e. The van der Waals surface area contributed by atoms with E-state index in [2.05, 4.69) is 10.1 Å². The molecule has 0 saturated carbocycles. The summed E-state index contributed by atoms with van der Waals surface area (Å²) in [4.78, 5) is 21.9. The van der Waals surface area contributed by atoms with E-state index in [1.54, 1.807) is 24.3 Å². The number of rotatable bonds is 2. The van der Waals surface area contributed by atoms with Crippen LogP contribution in [0.25, 0.3) is 0 Å². The van der Waals surface area contributed by atoms with Crippen LogP contribution < -0.4 is 5.32 Å². The zero-order valence-electron chi connectivity index (χ0n) is 8.03. The molecule has 0 aromatic heterocycles. The van der Waals surface area contributed by atoms with Gasteiger partial charge in [-0.2, -0.15) is 0 Å². The summed E-state index contributed by atoms with van der Waals surface area (Å²) < 4.78 is 4.54. The van der Waals surface area contributed by atoms with Crippen LogP contribution in [0.3, 0.4) is 0 Å². The van der Waals surface area contributed by atoms with E-state index in [-0.39, 0.29) is 5.91 Å². The van der Waals surface area contributed by atoms with Crippen molar-refractivity contribution in [3.05, 3.63) is 29.8 Å². The highest BCUT2D eigenvalue weighted by atomic mass is 16.5. The SMILES string of the molecule is COC(=O)c1cccc(NC(C)=O)c1. The number of methoxy groups -OCH3 is 1. The molecule has 1 N–H and O–H groups in total. The summed E-state index contributed by atoms with van der Waals surface area (Å²) in [6, 6.07) is 6.57. The molecule has 1 aromatic rings. The highest BCUT2D eigenvalue weighted by Crippen LogP contribution is 2.11. The predicted molar refractivity (Wildman–Crippen MR) is 52.1 cm³/mol. The summed E-state index contributed by atoms with van der Waals surface area (Å²) >= 11 is 0. The van der Waals surface area contributed by atoms with Crippen LogP contribution in [-0.4, -0.2) is 19.0 Å². The molecule has 0 saturated heterocycles. The lowest BCUT2D eigenvalue weighted by atomic mass is 10.2. The van der Waals surface area contributed by atoms with Crippen LogP contribution in [0, 0.1) is 0 Å². The topological polar surface area (TPSA) is 55.4 Å². The van der Waals surface area contributed by atoms with Gasteiger partial charge in [0.15, 0.2) is 0 Å². The zero-order valence-corrected chi connectivity index (χ0v) is 8.03. The van der Waals surface area contributed by atoms with Crippen molar-refractivity contribution in [3.63, 3.8) is 0 Å². The van der Waals surface area contributed by atoms with E-state index in [4.69, 9.17) is 0 Å². The lowest BCUT2D eigenvalue weighted by molar-refractivity contribution is -0.114. The molecule has 0 unspecified atom stereocenters. The minimum absolute atomic E-state index is 0.174. The Morgan fingerprint density at radius 1 is 1.36 bits per heavy atom. The summed E-state index contributed by atoms with van der Waals surface area (Å²) in [5.74, 6) is -0.593. The van der Waals surface area contributed by atoms with Gasteiger partial charge in [-0.1, -0.05) is 6.07 Å².